The fraction of sp³-hybridized carbons (Fsp3) is 0.0811. The largest absolute Gasteiger partial charge is 0.310 e. The Balaban J connectivity index is 0.000000148. The van der Waals surface area contributed by atoms with E-state index in [-0.39, 0.29) is 5.41 Å². The van der Waals surface area contributed by atoms with Crippen LogP contribution < -0.4 is 30.0 Å². The first-order chi connectivity index (χ1) is 58.0. The average molecular weight is 1600 g/mol. The minimum absolute atomic E-state index is 0.0903. The molecule has 0 unspecified atom stereocenters. The second kappa shape index (κ2) is 29.2. The lowest BCUT2D eigenvalue weighted by Gasteiger charge is -2.28. The van der Waals surface area contributed by atoms with E-state index in [2.05, 4.69) is 461 Å². The van der Waals surface area contributed by atoms with E-state index in [0.717, 1.165) is 56.9 Å². The number of rotatable bonds is 14. The highest BCUT2D eigenvalue weighted by atomic mass is 32.1. The number of hydrogen-bond acceptors (Lipinski definition) is 6. The molecular formula is C111H88N4S2Si2. The van der Waals surface area contributed by atoms with Crippen LogP contribution in [0.1, 0.15) is 25.0 Å². The summed E-state index contributed by atoms with van der Waals surface area (Å²) < 4.78 is 5.23. The van der Waals surface area contributed by atoms with E-state index in [0.29, 0.717) is 0 Å². The molecule has 1 aliphatic rings. The van der Waals surface area contributed by atoms with Gasteiger partial charge in [-0.05, 0) is 222 Å². The number of anilines is 12. The molecule has 0 atom stereocenters. The van der Waals surface area contributed by atoms with Gasteiger partial charge in [0.2, 0.25) is 0 Å². The third-order valence-corrected chi connectivity index (χ3v) is 31.2. The summed E-state index contributed by atoms with van der Waals surface area (Å²) in [5, 5.41) is 23.5. The molecule has 119 heavy (non-hydrogen) atoms. The molecule has 0 aliphatic heterocycles. The highest BCUT2D eigenvalue weighted by Crippen LogP contribution is 2.54. The first-order valence-corrected chi connectivity index (χ1v) is 50.1. The summed E-state index contributed by atoms with van der Waals surface area (Å²) in [6.07, 6.45) is 0. The third kappa shape index (κ3) is 12.8. The number of benzene rings is 19. The van der Waals surface area contributed by atoms with Gasteiger partial charge in [0.05, 0.1) is 16.1 Å². The van der Waals surface area contributed by atoms with Gasteiger partial charge in [0.1, 0.15) is 0 Å². The predicted octanol–water partition coefficient (Wildman–Crippen LogP) is 32.3. The SMILES string of the molecule is CC1(C)c2ccccc2-c2ccc(N(c3ccccc3)c3ccc4c(c3)c3ccccc3c3c5ccc(N(c6ccccc6)c6ccc([Si](C)(C)C)cc6)cc5sc43)cc21.C[Si](C)(C)c1ccc(N(c2ccccc2)c2ccc3c(c2)sc2c4ccc(N(c5ccccc5)c5ccc6c(ccc7ccccc76)c5)cc4c4ccccc4c32)cc1. The Labute approximate surface area is 705 Å². The van der Waals surface area contributed by atoms with Crippen molar-refractivity contribution in [2.45, 2.75) is 58.5 Å². The van der Waals surface area contributed by atoms with Crippen molar-refractivity contribution in [3.8, 4) is 11.1 Å². The molecule has 2 aromatic heterocycles. The Morgan fingerprint density at radius 2 is 0.521 bits per heavy atom. The number of para-hydroxylation sites is 4. The van der Waals surface area contributed by atoms with Crippen LogP contribution in [0.2, 0.25) is 39.3 Å². The van der Waals surface area contributed by atoms with Crippen LogP contribution in [-0.4, -0.2) is 16.1 Å². The first-order valence-electron chi connectivity index (χ1n) is 41.4. The zero-order valence-corrected chi connectivity index (χ0v) is 71.7. The molecule has 19 aromatic carbocycles. The molecule has 4 nitrogen and oxygen atoms in total. The highest BCUT2D eigenvalue weighted by Gasteiger charge is 2.36. The van der Waals surface area contributed by atoms with Gasteiger partial charge < -0.3 is 19.6 Å². The van der Waals surface area contributed by atoms with Gasteiger partial charge in [0.15, 0.2) is 0 Å². The lowest BCUT2D eigenvalue weighted by Crippen LogP contribution is -2.37. The molecule has 0 fully saturated rings. The molecule has 21 aromatic rings. The fourth-order valence-corrected chi connectivity index (χ4v) is 23.6. The summed E-state index contributed by atoms with van der Waals surface area (Å²) in [6, 6.07) is 144. The van der Waals surface area contributed by atoms with Crippen molar-refractivity contribution in [3.05, 3.63) is 399 Å². The van der Waals surface area contributed by atoms with Gasteiger partial charge in [-0.3, -0.25) is 0 Å². The standard InChI is InChI=1S/C56H46N2SSi.C55H42N2SSi/c1-56(2)51-23-15-14-21-45(51)46-31-26-41(35-52(46)56)58(38-18-10-7-11-19-38)40-27-32-48-50(34-40)44-20-12-13-22-47(44)54-49-33-28-42(36-53(49)59-55(48)54)57(37-16-8-6-9-17-37)39-24-29-43(30-25-39)60(3,4)5;1-59(2,3)45-29-24-41(25-30-45)56(39-15-6-4-7-16-39)44-28-33-51-53(36-44)58-55-50-32-27-43(35-52(50)48-20-12-13-21-49(48)54(51)55)57(40-17-8-5-9-18-40)42-26-31-47-38(34-42)23-22-37-14-10-11-19-46(37)47/h6-36H,1-5H3;4-36H,1-3H3. The number of thiophene rings is 2. The van der Waals surface area contributed by atoms with Gasteiger partial charge in [0, 0.05) is 125 Å². The molecular weight excluding hydrogens is 1510 g/mol. The van der Waals surface area contributed by atoms with Crippen molar-refractivity contribution >= 4 is 222 Å². The lowest BCUT2D eigenvalue weighted by atomic mass is 9.82. The molecule has 22 rings (SSSR count). The topological polar surface area (TPSA) is 13.0 Å². The molecule has 0 radical (unpaired) electrons. The van der Waals surface area contributed by atoms with Crippen molar-refractivity contribution in [3.63, 3.8) is 0 Å². The van der Waals surface area contributed by atoms with Crippen molar-refractivity contribution in [1.29, 1.82) is 0 Å². The Morgan fingerprint density at radius 1 is 0.210 bits per heavy atom. The average Bonchev–Trinajstić information content (AvgIpc) is 1.61. The Bertz CT molecular complexity index is 7540. The van der Waals surface area contributed by atoms with E-state index in [1.807, 2.05) is 22.7 Å². The Morgan fingerprint density at radius 3 is 0.975 bits per heavy atom. The monoisotopic (exact) mass is 1600 g/mol. The van der Waals surface area contributed by atoms with Crippen molar-refractivity contribution in [1.82, 2.24) is 0 Å². The quantitative estimate of drug-likeness (QED) is 0.0795. The van der Waals surface area contributed by atoms with Gasteiger partial charge in [-0.15, -0.1) is 22.7 Å². The molecule has 0 N–H and O–H groups in total. The second-order valence-corrected chi connectivity index (χ2v) is 46.7. The van der Waals surface area contributed by atoms with Gasteiger partial charge in [-0.2, -0.15) is 0 Å². The van der Waals surface area contributed by atoms with Crippen molar-refractivity contribution in [2.24, 2.45) is 0 Å². The number of fused-ring (bicyclic) bond motifs is 22. The van der Waals surface area contributed by atoms with E-state index < -0.39 is 16.1 Å². The first kappa shape index (κ1) is 73.4. The summed E-state index contributed by atoms with van der Waals surface area (Å²) in [4.78, 5) is 9.63. The summed E-state index contributed by atoms with van der Waals surface area (Å²) >= 11 is 3.82. The van der Waals surface area contributed by atoms with Gasteiger partial charge in [0.25, 0.3) is 0 Å². The van der Waals surface area contributed by atoms with Crippen LogP contribution in [0.25, 0.3) is 116 Å². The molecule has 2 heterocycles. The minimum Gasteiger partial charge on any atom is -0.310 e. The van der Waals surface area contributed by atoms with Gasteiger partial charge in [-0.25, -0.2) is 0 Å². The smallest absolute Gasteiger partial charge is 0.0775 e. The molecule has 8 heteroatoms. The van der Waals surface area contributed by atoms with E-state index in [1.165, 1.54) is 149 Å². The molecule has 0 bridgehead atoms. The van der Waals surface area contributed by atoms with E-state index in [9.17, 15) is 0 Å². The molecule has 0 amide bonds. The summed E-state index contributed by atoms with van der Waals surface area (Å²) in [7, 11) is -2.87. The maximum absolute atomic E-state index is 2.43. The fourth-order valence-electron chi connectivity index (χ4n) is 18.7. The number of hydrogen-bond donors (Lipinski definition) is 0. The molecule has 0 saturated heterocycles. The zero-order chi connectivity index (χ0) is 80.4. The van der Waals surface area contributed by atoms with Crippen LogP contribution in [0.5, 0.6) is 0 Å². The Hall–Kier alpha value is -13.2. The van der Waals surface area contributed by atoms with Crippen LogP contribution in [-0.2, 0) is 5.41 Å². The summed E-state index contributed by atoms with van der Waals surface area (Å²) in [6.45, 7) is 19.2. The lowest BCUT2D eigenvalue weighted by molar-refractivity contribution is 0.660. The van der Waals surface area contributed by atoms with Gasteiger partial charge in [-0.1, -0.05) is 306 Å². The summed E-state index contributed by atoms with van der Waals surface area (Å²) in [5.74, 6) is 0. The molecule has 0 spiro atoms. The molecule has 0 saturated carbocycles. The van der Waals surface area contributed by atoms with Crippen LogP contribution in [0.15, 0.2) is 388 Å². The molecule has 1 aliphatic carbocycles. The third-order valence-electron chi connectivity index (χ3n) is 24.7. The highest BCUT2D eigenvalue weighted by molar-refractivity contribution is 7.27. The second-order valence-electron chi connectivity index (χ2n) is 34.4. The van der Waals surface area contributed by atoms with Crippen LogP contribution >= 0.6 is 22.7 Å². The van der Waals surface area contributed by atoms with Crippen LogP contribution in [0, 0.1) is 0 Å². The van der Waals surface area contributed by atoms with E-state index >= 15 is 0 Å². The summed E-state index contributed by atoms with van der Waals surface area (Å²) in [5.41, 5.74) is 19.2. The van der Waals surface area contributed by atoms with Crippen LogP contribution in [0.4, 0.5) is 68.2 Å². The Kier molecular flexibility index (Phi) is 18.0. The van der Waals surface area contributed by atoms with E-state index in [1.54, 1.807) is 0 Å². The van der Waals surface area contributed by atoms with E-state index in [4.69, 9.17) is 0 Å². The van der Waals surface area contributed by atoms with Crippen molar-refractivity contribution < 1.29 is 0 Å². The van der Waals surface area contributed by atoms with Gasteiger partial charge >= 0.3 is 0 Å². The normalized spacial score (nSPS) is 12.6. The maximum Gasteiger partial charge on any atom is 0.0775 e. The zero-order valence-electron chi connectivity index (χ0n) is 68.1. The number of nitrogens with zero attached hydrogens (tertiary/aromatic N) is 4. The molecule has 572 valence electrons. The minimum atomic E-state index is -1.43. The predicted molar refractivity (Wildman–Crippen MR) is 526 cm³/mol. The van der Waals surface area contributed by atoms with Crippen LogP contribution in [0.3, 0.4) is 0 Å². The van der Waals surface area contributed by atoms with Crippen molar-refractivity contribution in [2.75, 3.05) is 19.6 Å². The maximum atomic E-state index is 2.43.